The van der Waals surface area contributed by atoms with Crippen molar-refractivity contribution in [2.24, 2.45) is 4.99 Å². The Morgan fingerprint density at radius 2 is 1.88 bits per heavy atom. The molecule has 0 bridgehead atoms. The molecule has 3 aliphatic heterocycles. The molecule has 1 saturated heterocycles. The number of thiophene rings is 1. The van der Waals surface area contributed by atoms with Crippen LogP contribution in [0.2, 0.25) is 0 Å². The molecule has 0 spiro atoms. The van der Waals surface area contributed by atoms with Gasteiger partial charge in [0.25, 0.3) is 0 Å². The molecule has 0 saturated carbocycles. The van der Waals surface area contributed by atoms with Crippen LogP contribution >= 0.6 is 11.3 Å². The summed E-state index contributed by atoms with van der Waals surface area (Å²) in [6.07, 6.45) is 4.50. The minimum absolute atomic E-state index is 0.551. The summed E-state index contributed by atoms with van der Waals surface area (Å²) in [5.74, 6) is 0.953. The van der Waals surface area contributed by atoms with E-state index in [1.54, 1.807) is 18.4 Å². The third kappa shape index (κ3) is 4.75. The number of anilines is 1. The Kier molecular flexibility index (Phi) is 6.87. The third-order valence-electron chi connectivity index (χ3n) is 7.10. The molecule has 0 N–H and O–H groups in total. The first kappa shape index (κ1) is 22.7. The number of hydrogen-bond acceptors (Lipinski definition) is 7. The van der Waals surface area contributed by atoms with Crippen LogP contribution < -0.4 is 15.4 Å². The van der Waals surface area contributed by atoms with Gasteiger partial charge in [0.1, 0.15) is 16.9 Å². The molecule has 4 heterocycles. The Morgan fingerprint density at radius 3 is 2.70 bits per heavy atom. The molecule has 1 unspecified atom stereocenters. The predicted octanol–water partition coefficient (Wildman–Crippen LogP) is 3.39. The number of piperazine rings is 1. The second-order valence-electron chi connectivity index (χ2n) is 9.27. The monoisotopic (exact) mass is 466 g/mol. The van der Waals surface area contributed by atoms with E-state index in [1.807, 2.05) is 23.4 Å². The molecule has 1 aromatic carbocycles. The van der Waals surface area contributed by atoms with Crippen molar-refractivity contribution < 1.29 is 4.74 Å². The number of para-hydroxylation sites is 2. The lowest BCUT2D eigenvalue weighted by Crippen LogP contribution is -2.46. The average molecular weight is 467 g/mol. The second-order valence-corrected chi connectivity index (χ2v) is 10.4. The van der Waals surface area contributed by atoms with Crippen LogP contribution in [0.15, 0.2) is 29.3 Å². The largest absolute Gasteiger partial charge is 0.495 e. The van der Waals surface area contributed by atoms with Gasteiger partial charge in [-0.25, -0.2) is 4.99 Å². The lowest BCUT2D eigenvalue weighted by Gasteiger charge is -2.36. The molecule has 1 atom stereocenters. The molecular weight excluding hydrogens is 432 g/mol. The number of fused-ring (bicyclic) bond motifs is 3. The molecule has 5 rings (SSSR count). The summed E-state index contributed by atoms with van der Waals surface area (Å²) in [5, 5.41) is 1.01. The number of aliphatic imine (C=N–C) groups is 1. The fraction of sp³-hybridized carbons (Fsp3) is 0.560. The van der Waals surface area contributed by atoms with Crippen molar-refractivity contribution in [1.29, 1.82) is 0 Å². The van der Waals surface area contributed by atoms with Crippen LogP contribution in [0.1, 0.15) is 35.0 Å². The van der Waals surface area contributed by atoms with Gasteiger partial charge in [0.05, 0.1) is 19.1 Å². The highest BCUT2D eigenvalue weighted by molar-refractivity contribution is 7.16. The van der Waals surface area contributed by atoms with Gasteiger partial charge in [-0.3, -0.25) is 4.90 Å². The summed E-state index contributed by atoms with van der Waals surface area (Å²) in [4.78, 5) is 15.4. The van der Waals surface area contributed by atoms with Gasteiger partial charge in [-0.2, -0.15) is 0 Å². The Hall–Kier alpha value is -2.13. The quantitative estimate of drug-likeness (QED) is 0.586. The van der Waals surface area contributed by atoms with Crippen molar-refractivity contribution in [3.8, 4) is 5.75 Å². The van der Waals surface area contributed by atoms with Crippen molar-refractivity contribution in [3.63, 3.8) is 0 Å². The maximum atomic E-state index is 11.1. The number of nitrogens with zero attached hydrogens (tertiary/aromatic N) is 6. The fourth-order valence-electron chi connectivity index (χ4n) is 5.17. The number of hydrogen-bond donors (Lipinski definition) is 0. The smallest absolute Gasteiger partial charge is 0.144 e. The lowest BCUT2D eigenvalue weighted by atomic mass is 10.00. The van der Waals surface area contributed by atoms with Gasteiger partial charge in [0.2, 0.25) is 0 Å². The van der Waals surface area contributed by atoms with Gasteiger partial charge in [0.15, 0.2) is 0 Å². The Labute approximate surface area is 201 Å². The first-order valence-corrected chi connectivity index (χ1v) is 12.9. The number of rotatable bonds is 7. The average Bonchev–Trinajstić information content (AvgIpc) is 3.21. The molecule has 2 aromatic rings. The molecule has 7 nitrogen and oxygen atoms in total. The van der Waals surface area contributed by atoms with Gasteiger partial charge < -0.3 is 19.4 Å². The zero-order chi connectivity index (χ0) is 22.8. The van der Waals surface area contributed by atoms with E-state index < -0.39 is 6.17 Å². The van der Waals surface area contributed by atoms with Crippen LogP contribution in [0.5, 0.6) is 5.75 Å². The van der Waals surface area contributed by atoms with Crippen LogP contribution in [0.25, 0.3) is 0 Å². The van der Waals surface area contributed by atoms with Crippen LogP contribution in [0.4, 0.5) is 10.7 Å². The summed E-state index contributed by atoms with van der Waals surface area (Å²) in [7, 11) is 3.90. The van der Waals surface area contributed by atoms with E-state index in [0.29, 0.717) is 0 Å². The number of methoxy groups -OCH3 is 1. The van der Waals surface area contributed by atoms with Crippen molar-refractivity contribution in [2.75, 3.05) is 64.9 Å². The Balaban J connectivity index is 1.08. The summed E-state index contributed by atoms with van der Waals surface area (Å²) < 4.78 is 5.53. The van der Waals surface area contributed by atoms with E-state index in [1.165, 1.54) is 16.1 Å². The molecule has 3 aliphatic rings. The molecule has 33 heavy (non-hydrogen) atoms. The van der Waals surface area contributed by atoms with E-state index >= 15 is 0 Å². The molecule has 0 aliphatic carbocycles. The number of ether oxygens (including phenoxy) is 1. The topological polar surface area (TPSA) is 56.9 Å². The van der Waals surface area contributed by atoms with E-state index in [4.69, 9.17) is 4.74 Å². The van der Waals surface area contributed by atoms with E-state index in [2.05, 4.69) is 38.9 Å². The second kappa shape index (κ2) is 10.0. The normalized spacial score (nSPS) is 21.2. The van der Waals surface area contributed by atoms with Crippen LogP contribution in [-0.2, 0) is 13.0 Å². The van der Waals surface area contributed by atoms with Gasteiger partial charge in [-0.1, -0.05) is 12.1 Å². The van der Waals surface area contributed by atoms with E-state index in [-0.39, 0.29) is 0 Å². The van der Waals surface area contributed by atoms with Crippen LogP contribution in [0, 0.1) is 0 Å². The molecule has 1 aromatic heterocycles. The first-order chi connectivity index (χ1) is 16.1. The highest BCUT2D eigenvalue weighted by Crippen LogP contribution is 2.44. The zero-order valence-corrected chi connectivity index (χ0v) is 20.6. The molecule has 0 amide bonds. The molecule has 8 heteroatoms. The van der Waals surface area contributed by atoms with Crippen molar-refractivity contribution in [3.05, 3.63) is 40.3 Å². The van der Waals surface area contributed by atoms with Gasteiger partial charge in [-0.15, -0.1) is 17.1 Å². The number of likely N-dealkylation sites (N-methyl/N-ethyl adjacent to an activating group) is 1. The lowest BCUT2D eigenvalue weighted by molar-refractivity contribution is 0.242. The standard InChI is InChI=1S/C25H34N6OS/c1-28-12-9-19-22(17-28)33-25-23(19)24(26)31(18-27-25)11-6-5-10-29-13-15-30(16-14-29)20-7-3-4-8-21(20)32-2/h3-4,7-8,18,24H,5-6,9-17H2,1-2H3. The Bertz CT molecular complexity index is 983. The number of unbranched alkanes of at least 4 members (excludes halogenated alkanes) is 1. The highest BCUT2D eigenvalue weighted by atomic mass is 32.1. The summed E-state index contributed by atoms with van der Waals surface area (Å²) >= 11 is 1.75. The highest BCUT2D eigenvalue weighted by Gasteiger charge is 2.31. The predicted molar refractivity (Wildman–Crippen MR) is 135 cm³/mol. The van der Waals surface area contributed by atoms with Gasteiger partial charge in [-0.05, 0) is 50.6 Å². The molecule has 2 radical (unpaired) electrons. The minimum atomic E-state index is -0.551. The van der Waals surface area contributed by atoms with Gasteiger partial charge >= 0.3 is 0 Å². The van der Waals surface area contributed by atoms with Crippen molar-refractivity contribution >= 4 is 28.4 Å². The maximum Gasteiger partial charge on any atom is 0.144 e. The first-order valence-electron chi connectivity index (χ1n) is 12.1. The minimum Gasteiger partial charge on any atom is -0.495 e. The molecular formula is C25H34N6OS. The van der Waals surface area contributed by atoms with E-state index in [0.717, 1.165) is 87.9 Å². The van der Waals surface area contributed by atoms with E-state index in [9.17, 15) is 5.73 Å². The van der Waals surface area contributed by atoms with Crippen LogP contribution in [0.3, 0.4) is 0 Å². The SMILES string of the molecule is COc1ccccc1N1CCN(CCCCN2C=Nc3sc4c(c3C2[N])CCN(C)C4)CC1. The Morgan fingerprint density at radius 1 is 1.09 bits per heavy atom. The van der Waals surface area contributed by atoms with Crippen LogP contribution in [-0.4, -0.2) is 81.0 Å². The molecule has 1 fully saturated rings. The third-order valence-corrected chi connectivity index (χ3v) is 8.24. The maximum absolute atomic E-state index is 11.1. The van der Waals surface area contributed by atoms with Crippen molar-refractivity contribution in [1.82, 2.24) is 20.4 Å². The summed E-state index contributed by atoms with van der Waals surface area (Å²) in [6, 6.07) is 8.28. The fourth-order valence-corrected chi connectivity index (χ4v) is 6.46. The zero-order valence-electron chi connectivity index (χ0n) is 19.7. The summed E-state index contributed by atoms with van der Waals surface area (Å²) in [6.45, 7) is 8.17. The van der Waals surface area contributed by atoms with Gasteiger partial charge in [0, 0.05) is 56.3 Å². The number of benzene rings is 1. The molecule has 176 valence electrons. The summed E-state index contributed by atoms with van der Waals surface area (Å²) in [5.41, 5.74) is 14.7. The van der Waals surface area contributed by atoms with Crippen molar-refractivity contribution in [2.45, 2.75) is 32.0 Å².